The van der Waals surface area contributed by atoms with Gasteiger partial charge in [-0.1, -0.05) is 32.1 Å². The van der Waals surface area contributed by atoms with Gasteiger partial charge in [-0.3, -0.25) is 9.59 Å². The molecule has 1 aromatic rings. The average molecular weight is 568 g/mol. The van der Waals surface area contributed by atoms with Crippen LogP contribution >= 0.6 is 0 Å². The topological polar surface area (TPSA) is 109 Å². The summed E-state index contributed by atoms with van der Waals surface area (Å²) in [7, 11) is 0. The van der Waals surface area contributed by atoms with E-state index in [0.29, 0.717) is 30.7 Å². The first-order chi connectivity index (χ1) is 19.5. The van der Waals surface area contributed by atoms with Crippen molar-refractivity contribution in [3.05, 3.63) is 47.6 Å². The Kier molecular flexibility index (Phi) is 8.19. The van der Waals surface area contributed by atoms with Crippen LogP contribution in [0.25, 0.3) is 0 Å². The van der Waals surface area contributed by atoms with Gasteiger partial charge >= 0.3 is 17.9 Å². The lowest BCUT2D eigenvalue weighted by Gasteiger charge is -2.60. The molecule has 0 unspecified atom stereocenters. The van der Waals surface area contributed by atoms with Crippen LogP contribution in [0.1, 0.15) is 65.4 Å². The van der Waals surface area contributed by atoms with Crippen molar-refractivity contribution < 1.29 is 38.1 Å². The standard InChI is InChI=1S/C32H41NO8/c1-19-6-9-28-31(4,12-10-29(41-21(3)35)32(28,5)17-38-20(2)34)24(19)15-25(23-11-13-37-30(23)36)33-16-22-7-8-26-27(14-22)40-18-39-26/h7-8,11,14,24-25,28-29,33H,1,6,9-10,12-13,15-18H2,2-5H3/t24-,25-,28+,29-,31+,32+/m1/s1. The monoisotopic (exact) mass is 567 g/mol. The highest BCUT2D eigenvalue weighted by molar-refractivity contribution is 5.91. The van der Waals surface area contributed by atoms with Gasteiger partial charge in [-0.2, -0.15) is 0 Å². The van der Waals surface area contributed by atoms with Gasteiger partial charge in [0.15, 0.2) is 11.5 Å². The first kappa shape index (κ1) is 29.2. The van der Waals surface area contributed by atoms with Crippen molar-refractivity contribution in [2.75, 3.05) is 20.0 Å². The lowest BCUT2D eigenvalue weighted by molar-refractivity contribution is -0.191. The quantitative estimate of drug-likeness (QED) is 0.259. The Morgan fingerprint density at radius 2 is 1.90 bits per heavy atom. The molecule has 0 spiro atoms. The van der Waals surface area contributed by atoms with E-state index < -0.39 is 5.41 Å². The molecule has 0 saturated heterocycles. The molecule has 9 heteroatoms. The molecule has 4 aliphatic rings. The molecule has 9 nitrogen and oxygen atoms in total. The number of ether oxygens (including phenoxy) is 5. The van der Waals surface area contributed by atoms with E-state index in [9.17, 15) is 14.4 Å². The van der Waals surface area contributed by atoms with Crippen LogP contribution in [0.15, 0.2) is 42.0 Å². The third kappa shape index (κ3) is 5.73. The molecular formula is C32H41NO8. The zero-order valence-corrected chi connectivity index (χ0v) is 24.5. The summed E-state index contributed by atoms with van der Waals surface area (Å²) in [5.41, 5.74) is 2.06. The number of nitrogens with one attached hydrogen (secondary N) is 1. The van der Waals surface area contributed by atoms with E-state index in [1.54, 1.807) is 0 Å². The highest BCUT2D eigenvalue weighted by atomic mass is 16.7. The Bertz CT molecular complexity index is 1260. The fourth-order valence-electron chi connectivity index (χ4n) is 7.76. The van der Waals surface area contributed by atoms with Gasteiger partial charge in [0.2, 0.25) is 6.79 Å². The van der Waals surface area contributed by atoms with Gasteiger partial charge in [-0.15, -0.1) is 0 Å². The fourth-order valence-corrected chi connectivity index (χ4v) is 7.76. The Balaban J connectivity index is 1.41. The third-order valence-electron chi connectivity index (χ3n) is 9.80. The molecule has 0 bridgehead atoms. The van der Waals surface area contributed by atoms with Gasteiger partial charge < -0.3 is 29.0 Å². The van der Waals surface area contributed by atoms with Crippen molar-refractivity contribution in [2.24, 2.45) is 22.7 Å². The molecule has 0 aromatic heterocycles. The molecule has 222 valence electrons. The van der Waals surface area contributed by atoms with Crippen molar-refractivity contribution in [1.82, 2.24) is 5.32 Å². The molecule has 2 saturated carbocycles. The second-order valence-electron chi connectivity index (χ2n) is 12.3. The normalized spacial score (nSPS) is 31.1. The van der Waals surface area contributed by atoms with E-state index in [2.05, 4.69) is 25.7 Å². The molecule has 2 aliphatic heterocycles. The Morgan fingerprint density at radius 1 is 1.12 bits per heavy atom. The number of cyclic esters (lactones) is 1. The van der Waals surface area contributed by atoms with E-state index in [-0.39, 0.29) is 67.3 Å². The largest absolute Gasteiger partial charge is 0.465 e. The number of benzene rings is 1. The molecule has 0 amide bonds. The fraction of sp³-hybridized carbons (Fsp3) is 0.594. The molecule has 6 atom stereocenters. The number of esters is 3. The summed E-state index contributed by atoms with van der Waals surface area (Å²) in [5.74, 6) is 0.662. The molecule has 2 heterocycles. The predicted octanol–water partition coefficient (Wildman–Crippen LogP) is 4.63. The molecular weight excluding hydrogens is 526 g/mol. The molecule has 1 N–H and O–H groups in total. The maximum atomic E-state index is 12.8. The van der Waals surface area contributed by atoms with Crippen LogP contribution in [-0.4, -0.2) is 50.1 Å². The number of rotatable bonds is 9. The predicted molar refractivity (Wildman–Crippen MR) is 150 cm³/mol. The van der Waals surface area contributed by atoms with Crippen LogP contribution in [-0.2, 0) is 35.1 Å². The highest BCUT2D eigenvalue weighted by Crippen LogP contribution is 2.62. The van der Waals surface area contributed by atoms with E-state index >= 15 is 0 Å². The van der Waals surface area contributed by atoms with Gasteiger partial charge in [0.05, 0.1) is 5.57 Å². The summed E-state index contributed by atoms with van der Waals surface area (Å²) in [5, 5.41) is 3.63. The molecule has 5 rings (SSSR count). The minimum Gasteiger partial charge on any atom is -0.465 e. The van der Waals surface area contributed by atoms with E-state index in [4.69, 9.17) is 23.7 Å². The molecule has 0 radical (unpaired) electrons. The third-order valence-corrected chi connectivity index (χ3v) is 9.80. The SMILES string of the molecule is C=C1CC[C@@H]2[C@](C)(COC(C)=O)[C@H](OC(C)=O)CC[C@@]2(C)[C@@H]1C[C@@H](NCc1ccc2c(c1)OCO2)C1=CCOC1=O. The first-order valence-electron chi connectivity index (χ1n) is 14.5. The summed E-state index contributed by atoms with van der Waals surface area (Å²) < 4.78 is 27.7. The van der Waals surface area contributed by atoms with Crippen LogP contribution < -0.4 is 14.8 Å². The lowest BCUT2D eigenvalue weighted by atomic mass is 9.46. The molecule has 1 aromatic carbocycles. The number of carbonyl (C=O) groups excluding carboxylic acids is 3. The summed E-state index contributed by atoms with van der Waals surface area (Å²) >= 11 is 0. The Morgan fingerprint density at radius 3 is 2.61 bits per heavy atom. The number of hydrogen-bond donors (Lipinski definition) is 1. The first-order valence-corrected chi connectivity index (χ1v) is 14.5. The molecule has 2 aliphatic carbocycles. The van der Waals surface area contributed by atoms with Crippen molar-refractivity contribution in [3.8, 4) is 11.5 Å². The van der Waals surface area contributed by atoms with Crippen LogP contribution in [0.3, 0.4) is 0 Å². The van der Waals surface area contributed by atoms with Gasteiger partial charge in [-0.05, 0) is 73.1 Å². The van der Waals surface area contributed by atoms with Crippen LogP contribution in [0, 0.1) is 22.7 Å². The van der Waals surface area contributed by atoms with Crippen LogP contribution in [0.5, 0.6) is 11.5 Å². The van der Waals surface area contributed by atoms with Crippen LogP contribution in [0.4, 0.5) is 0 Å². The van der Waals surface area contributed by atoms with Gasteiger partial charge in [-0.25, -0.2) is 4.79 Å². The summed E-state index contributed by atoms with van der Waals surface area (Å²) in [6.45, 7) is 12.9. The van der Waals surface area contributed by atoms with Crippen molar-refractivity contribution in [3.63, 3.8) is 0 Å². The highest BCUT2D eigenvalue weighted by Gasteiger charge is 2.60. The number of carbonyl (C=O) groups is 3. The van der Waals surface area contributed by atoms with Gasteiger partial charge in [0, 0.05) is 31.8 Å². The van der Waals surface area contributed by atoms with Crippen molar-refractivity contribution in [1.29, 1.82) is 0 Å². The van der Waals surface area contributed by atoms with Crippen LogP contribution in [0.2, 0.25) is 0 Å². The second kappa shape index (κ2) is 11.5. The summed E-state index contributed by atoms with van der Waals surface area (Å²) in [6, 6.07) is 5.60. The number of allylic oxidation sites excluding steroid dienone is 1. The minimum absolute atomic E-state index is 0.0831. The van der Waals surface area contributed by atoms with Crippen molar-refractivity contribution in [2.45, 2.75) is 78.5 Å². The Labute approximate surface area is 241 Å². The minimum atomic E-state index is -0.551. The zero-order valence-electron chi connectivity index (χ0n) is 24.5. The van der Waals surface area contributed by atoms with Gasteiger partial charge in [0.25, 0.3) is 0 Å². The number of hydrogen-bond acceptors (Lipinski definition) is 9. The maximum absolute atomic E-state index is 12.8. The van der Waals surface area contributed by atoms with E-state index in [1.807, 2.05) is 24.3 Å². The van der Waals surface area contributed by atoms with Gasteiger partial charge in [0.1, 0.15) is 19.3 Å². The Hall–Kier alpha value is -3.33. The summed E-state index contributed by atoms with van der Waals surface area (Å²) in [4.78, 5) is 36.7. The number of fused-ring (bicyclic) bond motifs is 2. The molecule has 41 heavy (non-hydrogen) atoms. The molecule has 2 fully saturated rings. The zero-order chi connectivity index (χ0) is 29.4. The maximum Gasteiger partial charge on any atom is 0.335 e. The van der Waals surface area contributed by atoms with E-state index in [1.165, 1.54) is 13.8 Å². The lowest BCUT2D eigenvalue weighted by Crippen LogP contribution is -2.59. The average Bonchev–Trinajstić information content (AvgIpc) is 3.57. The van der Waals surface area contributed by atoms with Crippen molar-refractivity contribution >= 4 is 17.9 Å². The van der Waals surface area contributed by atoms with E-state index in [0.717, 1.165) is 36.1 Å². The summed E-state index contributed by atoms with van der Waals surface area (Å²) in [6.07, 6.45) is 5.35. The smallest absolute Gasteiger partial charge is 0.335 e. The second-order valence-corrected chi connectivity index (χ2v) is 12.3.